The number of ether oxygens (including phenoxy) is 1. The predicted molar refractivity (Wildman–Crippen MR) is 101 cm³/mol. The number of likely N-dealkylation sites (N-methyl/N-ethyl adjacent to an activating group) is 1. The van der Waals surface area contributed by atoms with Gasteiger partial charge in [0.2, 0.25) is 0 Å². The number of carbonyl (C=O) groups is 1. The summed E-state index contributed by atoms with van der Waals surface area (Å²) in [7, 11) is 5.93. The second-order valence-corrected chi connectivity index (χ2v) is 6.76. The van der Waals surface area contributed by atoms with E-state index in [9.17, 15) is 4.79 Å². The first-order valence-corrected chi connectivity index (χ1v) is 9.03. The number of aromatic nitrogens is 2. The second-order valence-electron chi connectivity index (χ2n) is 6.76. The van der Waals surface area contributed by atoms with Crippen molar-refractivity contribution in [3.8, 4) is 0 Å². The van der Waals surface area contributed by atoms with E-state index in [0.29, 0.717) is 32.2 Å². The molecule has 0 saturated carbocycles. The van der Waals surface area contributed by atoms with Gasteiger partial charge in [-0.15, -0.1) is 0 Å². The lowest BCUT2D eigenvalue weighted by Crippen LogP contribution is -2.48. The van der Waals surface area contributed by atoms with E-state index in [4.69, 9.17) is 10.5 Å². The van der Waals surface area contributed by atoms with E-state index in [1.807, 2.05) is 40.5 Å². The maximum absolute atomic E-state index is 11.7. The first kappa shape index (κ1) is 20.0. The first-order chi connectivity index (χ1) is 12.4. The summed E-state index contributed by atoms with van der Waals surface area (Å²) < 4.78 is 6.82. The summed E-state index contributed by atoms with van der Waals surface area (Å²) in [6, 6.07) is 0.343. The summed E-state index contributed by atoms with van der Waals surface area (Å²) in [4.78, 5) is 20.1. The molecule has 1 saturated heterocycles. The molecule has 1 atom stereocenters. The molecular weight excluding hydrogens is 334 g/mol. The molecule has 1 aromatic heterocycles. The van der Waals surface area contributed by atoms with Gasteiger partial charge < -0.3 is 25.6 Å². The third kappa shape index (κ3) is 5.62. The maximum atomic E-state index is 11.7. The van der Waals surface area contributed by atoms with Crippen LogP contribution in [0.3, 0.4) is 0 Å². The van der Waals surface area contributed by atoms with Crippen LogP contribution >= 0.6 is 0 Å². The van der Waals surface area contributed by atoms with Crippen LogP contribution in [0.25, 0.3) is 0 Å². The van der Waals surface area contributed by atoms with Crippen LogP contribution in [0.2, 0.25) is 0 Å². The van der Waals surface area contributed by atoms with Crippen LogP contribution in [0.4, 0.5) is 4.79 Å². The minimum Gasteiger partial charge on any atom is -0.450 e. The summed E-state index contributed by atoms with van der Waals surface area (Å²) in [5.41, 5.74) is 7.18. The van der Waals surface area contributed by atoms with Crippen molar-refractivity contribution in [2.75, 3.05) is 40.3 Å². The minimum absolute atomic E-state index is 0.120. The molecule has 3 N–H and O–H groups in total. The van der Waals surface area contributed by atoms with Crippen LogP contribution in [-0.2, 0) is 11.8 Å². The van der Waals surface area contributed by atoms with Crippen molar-refractivity contribution in [1.29, 1.82) is 0 Å². The van der Waals surface area contributed by atoms with Gasteiger partial charge in [0.25, 0.3) is 0 Å². The van der Waals surface area contributed by atoms with Crippen LogP contribution in [0.1, 0.15) is 31.4 Å². The Balaban J connectivity index is 1.83. The number of hydrogen-bond acceptors (Lipinski definition) is 5. The second kappa shape index (κ2) is 9.42. The van der Waals surface area contributed by atoms with Gasteiger partial charge in [0.15, 0.2) is 5.96 Å². The Labute approximate surface area is 155 Å². The molecule has 1 aromatic rings. The highest BCUT2D eigenvalue weighted by molar-refractivity contribution is 5.78. The number of amides is 1. The van der Waals surface area contributed by atoms with Gasteiger partial charge in [-0.3, -0.25) is 9.67 Å². The van der Waals surface area contributed by atoms with Crippen molar-refractivity contribution in [1.82, 2.24) is 24.9 Å². The highest BCUT2D eigenvalue weighted by Crippen LogP contribution is 2.17. The number of rotatable bonds is 6. The number of carbonyl (C=O) groups excluding carboxylic acids is 1. The fraction of sp³-hybridized carbons (Fsp3) is 0.706. The highest BCUT2D eigenvalue weighted by atomic mass is 16.6. The molecule has 2 rings (SSSR count). The lowest BCUT2D eigenvalue weighted by molar-refractivity contribution is 0.0963. The largest absolute Gasteiger partial charge is 0.450 e. The number of likely N-dealkylation sites (tertiary alicyclic amines) is 1. The first-order valence-electron chi connectivity index (χ1n) is 9.03. The van der Waals surface area contributed by atoms with E-state index in [1.54, 1.807) is 9.58 Å². The Hall–Kier alpha value is -2.29. The zero-order chi connectivity index (χ0) is 19.1. The summed E-state index contributed by atoms with van der Waals surface area (Å²) in [6.45, 7) is 4.11. The average molecular weight is 365 g/mol. The van der Waals surface area contributed by atoms with E-state index in [1.165, 1.54) is 0 Å². The number of hydrogen-bond donors (Lipinski definition) is 2. The number of nitrogens with two attached hydrogens (primary N) is 1. The number of piperidine rings is 1. The molecule has 1 aliphatic heterocycles. The van der Waals surface area contributed by atoms with Gasteiger partial charge in [-0.05, 0) is 33.9 Å². The van der Waals surface area contributed by atoms with Crippen LogP contribution in [0.15, 0.2) is 17.4 Å². The van der Waals surface area contributed by atoms with Gasteiger partial charge in [0, 0.05) is 37.9 Å². The van der Waals surface area contributed by atoms with Crippen LogP contribution in [-0.4, -0.2) is 78.0 Å². The Kier molecular flexibility index (Phi) is 7.26. The number of nitrogens with zero attached hydrogens (tertiary/aromatic N) is 5. The molecule has 9 heteroatoms. The molecule has 2 heterocycles. The molecule has 0 aliphatic carbocycles. The third-order valence-corrected chi connectivity index (χ3v) is 4.54. The van der Waals surface area contributed by atoms with Crippen molar-refractivity contribution < 1.29 is 9.53 Å². The third-order valence-electron chi connectivity index (χ3n) is 4.54. The standard InChI is InChI=1S/C17H31N7O2/c1-5-26-17(25)24-8-6-14(7-9-24)21-16(18)19-11-15(22(2)3)13-10-20-23(4)12-13/h10,12,14-15H,5-9,11H2,1-4H3,(H3,18,19,21). The molecule has 1 fully saturated rings. The predicted octanol–water partition coefficient (Wildman–Crippen LogP) is 0.548. The summed E-state index contributed by atoms with van der Waals surface area (Å²) in [5, 5.41) is 7.50. The highest BCUT2D eigenvalue weighted by Gasteiger charge is 2.24. The summed E-state index contributed by atoms with van der Waals surface area (Å²) in [5.74, 6) is 0.440. The molecule has 0 aromatic carbocycles. The Morgan fingerprint density at radius 2 is 2.19 bits per heavy atom. The molecule has 0 radical (unpaired) electrons. The normalized spacial score (nSPS) is 17.4. The summed E-state index contributed by atoms with van der Waals surface area (Å²) >= 11 is 0. The lowest BCUT2D eigenvalue weighted by atomic mass is 10.1. The molecule has 1 unspecified atom stereocenters. The van der Waals surface area contributed by atoms with E-state index in [0.717, 1.165) is 18.4 Å². The Morgan fingerprint density at radius 3 is 2.73 bits per heavy atom. The quantitative estimate of drug-likeness (QED) is 0.564. The van der Waals surface area contributed by atoms with Gasteiger partial charge in [-0.25, -0.2) is 4.79 Å². The molecule has 9 nitrogen and oxygen atoms in total. The van der Waals surface area contributed by atoms with Crippen molar-refractivity contribution in [3.63, 3.8) is 0 Å². The summed E-state index contributed by atoms with van der Waals surface area (Å²) in [6.07, 6.45) is 5.27. The van der Waals surface area contributed by atoms with E-state index < -0.39 is 0 Å². The smallest absolute Gasteiger partial charge is 0.409 e. The Bertz CT molecular complexity index is 606. The number of aryl methyl sites for hydroxylation is 1. The van der Waals surface area contributed by atoms with Gasteiger partial charge in [0.1, 0.15) is 0 Å². The van der Waals surface area contributed by atoms with Crippen molar-refractivity contribution in [3.05, 3.63) is 18.0 Å². The molecular formula is C17H31N7O2. The maximum Gasteiger partial charge on any atom is 0.409 e. The monoisotopic (exact) mass is 365 g/mol. The average Bonchev–Trinajstić information content (AvgIpc) is 3.01. The number of guanidine groups is 1. The molecule has 1 aliphatic rings. The molecule has 26 heavy (non-hydrogen) atoms. The van der Waals surface area contributed by atoms with Crippen LogP contribution < -0.4 is 11.1 Å². The van der Waals surface area contributed by atoms with E-state index >= 15 is 0 Å². The number of aliphatic imine (C=N–C) groups is 1. The fourth-order valence-corrected chi connectivity index (χ4v) is 3.04. The molecule has 146 valence electrons. The molecule has 1 amide bonds. The van der Waals surface area contributed by atoms with Crippen LogP contribution in [0, 0.1) is 0 Å². The number of nitrogens with one attached hydrogen (secondary N) is 1. The topological polar surface area (TPSA) is 101 Å². The van der Waals surface area contributed by atoms with Crippen molar-refractivity contribution >= 4 is 12.1 Å². The van der Waals surface area contributed by atoms with E-state index in [2.05, 4.69) is 20.3 Å². The van der Waals surface area contributed by atoms with Crippen molar-refractivity contribution in [2.45, 2.75) is 31.8 Å². The van der Waals surface area contributed by atoms with Gasteiger partial charge in [-0.1, -0.05) is 0 Å². The SMILES string of the molecule is CCOC(=O)N1CCC(NC(N)=NCC(c2cnn(C)c2)N(C)C)CC1. The lowest BCUT2D eigenvalue weighted by Gasteiger charge is -2.31. The van der Waals surface area contributed by atoms with Crippen molar-refractivity contribution in [2.24, 2.45) is 17.8 Å². The molecule has 0 spiro atoms. The minimum atomic E-state index is -0.238. The van der Waals surface area contributed by atoms with Gasteiger partial charge in [0.05, 0.1) is 25.4 Å². The van der Waals surface area contributed by atoms with Crippen LogP contribution in [0.5, 0.6) is 0 Å². The molecule has 0 bridgehead atoms. The van der Waals surface area contributed by atoms with E-state index in [-0.39, 0.29) is 18.2 Å². The fourth-order valence-electron chi connectivity index (χ4n) is 3.04. The van der Waals surface area contributed by atoms with Gasteiger partial charge in [-0.2, -0.15) is 5.10 Å². The zero-order valence-corrected chi connectivity index (χ0v) is 16.2. The van der Waals surface area contributed by atoms with Gasteiger partial charge >= 0.3 is 6.09 Å². The Morgan fingerprint density at radius 1 is 1.50 bits per heavy atom. The zero-order valence-electron chi connectivity index (χ0n) is 16.2.